The van der Waals surface area contributed by atoms with Crippen molar-refractivity contribution in [2.75, 3.05) is 11.9 Å². The predicted octanol–water partition coefficient (Wildman–Crippen LogP) is 4.20. The minimum atomic E-state index is 0.0654. The van der Waals surface area contributed by atoms with Gasteiger partial charge in [0.05, 0.1) is 0 Å². The number of anilines is 1. The molecule has 2 N–H and O–H groups in total. The highest BCUT2D eigenvalue weighted by Gasteiger charge is 2.00. The van der Waals surface area contributed by atoms with Crippen LogP contribution in [0.5, 0.6) is 0 Å². The fourth-order valence-corrected chi connectivity index (χ4v) is 2.48. The normalized spacial score (nSPS) is 10.1. The Bertz CT molecular complexity index is 638. The lowest BCUT2D eigenvalue weighted by Crippen LogP contribution is -2.29. The van der Waals surface area contributed by atoms with E-state index in [0.717, 1.165) is 31.5 Å². The minimum absolute atomic E-state index is 0.0654. The lowest BCUT2D eigenvalue weighted by Gasteiger charge is -2.10. The van der Waals surface area contributed by atoms with Crippen LogP contribution in [0.2, 0.25) is 0 Å². The van der Waals surface area contributed by atoms with E-state index < -0.39 is 0 Å². The minimum Gasteiger partial charge on any atom is -0.362 e. The Labute approximate surface area is 143 Å². The van der Waals surface area contributed by atoms with E-state index in [2.05, 4.69) is 34.9 Å². The van der Waals surface area contributed by atoms with E-state index in [9.17, 15) is 4.79 Å². The first-order chi connectivity index (χ1) is 11.1. The number of Topliss-reactive ketones (excluding diaryl/α,β-unsaturated/α-hetero) is 1. The van der Waals surface area contributed by atoms with Gasteiger partial charge in [-0.2, -0.15) is 0 Å². The third-order valence-electron chi connectivity index (χ3n) is 3.57. The highest BCUT2D eigenvalue weighted by atomic mass is 32.1. The zero-order chi connectivity index (χ0) is 16.5. The summed E-state index contributed by atoms with van der Waals surface area (Å²) in [5.41, 5.74) is 2.96. The lowest BCUT2D eigenvalue weighted by atomic mass is 10.1. The van der Waals surface area contributed by atoms with Crippen molar-refractivity contribution in [2.24, 2.45) is 0 Å². The van der Waals surface area contributed by atoms with Gasteiger partial charge in [0.1, 0.15) is 0 Å². The topological polar surface area (TPSA) is 41.1 Å². The van der Waals surface area contributed by atoms with Gasteiger partial charge in [-0.25, -0.2) is 0 Å². The molecule has 0 aliphatic rings. The molecule has 0 bridgehead atoms. The van der Waals surface area contributed by atoms with Crippen molar-refractivity contribution >= 4 is 28.8 Å². The number of thiocarbonyl (C=S) groups is 1. The first-order valence-electron chi connectivity index (χ1n) is 7.85. The summed E-state index contributed by atoms with van der Waals surface area (Å²) >= 11 is 5.27. The van der Waals surface area contributed by atoms with Crippen LogP contribution >= 0.6 is 12.2 Å². The van der Waals surface area contributed by atoms with E-state index in [1.165, 1.54) is 5.56 Å². The highest BCUT2D eigenvalue weighted by Crippen LogP contribution is 2.10. The average Bonchev–Trinajstić information content (AvgIpc) is 2.56. The van der Waals surface area contributed by atoms with Crippen LogP contribution in [0, 0.1) is 0 Å². The average molecular weight is 326 g/mol. The Morgan fingerprint density at radius 2 is 1.70 bits per heavy atom. The molecule has 0 saturated carbocycles. The third-order valence-corrected chi connectivity index (χ3v) is 3.82. The molecule has 0 aromatic heterocycles. The van der Waals surface area contributed by atoms with Crippen molar-refractivity contribution in [3.05, 3.63) is 65.7 Å². The molecule has 0 amide bonds. The van der Waals surface area contributed by atoms with Gasteiger partial charge in [-0.05, 0) is 68.2 Å². The number of benzene rings is 2. The van der Waals surface area contributed by atoms with E-state index in [0.29, 0.717) is 10.7 Å². The highest BCUT2D eigenvalue weighted by molar-refractivity contribution is 7.80. The number of ketones is 1. The van der Waals surface area contributed by atoms with Crippen LogP contribution in [-0.4, -0.2) is 17.4 Å². The molecule has 0 aliphatic heterocycles. The first kappa shape index (κ1) is 17.2. The fraction of sp³-hybridized carbons (Fsp3) is 0.263. The van der Waals surface area contributed by atoms with Gasteiger partial charge in [-0.3, -0.25) is 4.79 Å². The molecule has 23 heavy (non-hydrogen) atoms. The summed E-state index contributed by atoms with van der Waals surface area (Å²) in [6.45, 7) is 2.41. The number of aryl methyl sites for hydroxylation is 1. The molecule has 2 aromatic rings. The summed E-state index contributed by atoms with van der Waals surface area (Å²) < 4.78 is 0. The van der Waals surface area contributed by atoms with E-state index in [4.69, 9.17) is 12.2 Å². The van der Waals surface area contributed by atoms with Crippen LogP contribution in [0.25, 0.3) is 0 Å². The number of carbonyl (C=O) groups excluding carboxylic acids is 1. The Morgan fingerprint density at radius 3 is 2.35 bits per heavy atom. The molecule has 3 nitrogen and oxygen atoms in total. The van der Waals surface area contributed by atoms with E-state index in [1.54, 1.807) is 19.1 Å². The Balaban J connectivity index is 1.64. The summed E-state index contributed by atoms with van der Waals surface area (Å²) in [4.78, 5) is 11.2. The van der Waals surface area contributed by atoms with Gasteiger partial charge in [0.15, 0.2) is 10.9 Å². The molecule has 0 saturated heterocycles. The molecule has 0 aliphatic carbocycles. The van der Waals surface area contributed by atoms with Crippen LogP contribution in [-0.2, 0) is 6.42 Å². The number of unbranched alkanes of at least 4 members (excludes halogenated alkanes) is 1. The largest absolute Gasteiger partial charge is 0.362 e. The zero-order valence-electron chi connectivity index (χ0n) is 13.3. The van der Waals surface area contributed by atoms with Gasteiger partial charge in [-0.15, -0.1) is 0 Å². The van der Waals surface area contributed by atoms with Crippen LogP contribution in [0.3, 0.4) is 0 Å². The molecular weight excluding hydrogens is 304 g/mol. The van der Waals surface area contributed by atoms with Crippen molar-refractivity contribution in [3.63, 3.8) is 0 Å². The van der Waals surface area contributed by atoms with Gasteiger partial charge in [0.2, 0.25) is 0 Å². The summed E-state index contributed by atoms with van der Waals surface area (Å²) in [7, 11) is 0. The first-order valence-corrected chi connectivity index (χ1v) is 8.26. The van der Waals surface area contributed by atoms with E-state index >= 15 is 0 Å². The van der Waals surface area contributed by atoms with Crippen LogP contribution in [0.15, 0.2) is 54.6 Å². The van der Waals surface area contributed by atoms with Crippen molar-refractivity contribution in [3.8, 4) is 0 Å². The maximum atomic E-state index is 11.2. The summed E-state index contributed by atoms with van der Waals surface area (Å²) in [6, 6.07) is 17.8. The van der Waals surface area contributed by atoms with Crippen molar-refractivity contribution in [1.29, 1.82) is 0 Å². The van der Waals surface area contributed by atoms with E-state index in [-0.39, 0.29) is 5.78 Å². The maximum Gasteiger partial charge on any atom is 0.170 e. The molecule has 4 heteroatoms. The van der Waals surface area contributed by atoms with Gasteiger partial charge in [0, 0.05) is 17.8 Å². The second-order valence-corrected chi connectivity index (χ2v) is 5.87. The Morgan fingerprint density at radius 1 is 1.00 bits per heavy atom. The van der Waals surface area contributed by atoms with Gasteiger partial charge < -0.3 is 10.6 Å². The maximum absolute atomic E-state index is 11.2. The van der Waals surface area contributed by atoms with Gasteiger partial charge in [0.25, 0.3) is 0 Å². The third kappa shape index (κ3) is 6.20. The second-order valence-electron chi connectivity index (χ2n) is 5.46. The molecule has 0 spiro atoms. The fourth-order valence-electron chi connectivity index (χ4n) is 2.26. The molecule has 2 aromatic carbocycles. The number of hydrogen-bond acceptors (Lipinski definition) is 2. The van der Waals surface area contributed by atoms with Crippen molar-refractivity contribution in [1.82, 2.24) is 5.32 Å². The molecule has 0 fully saturated rings. The predicted molar refractivity (Wildman–Crippen MR) is 100 cm³/mol. The molecule has 120 valence electrons. The van der Waals surface area contributed by atoms with Crippen LogP contribution in [0.1, 0.15) is 35.7 Å². The summed E-state index contributed by atoms with van der Waals surface area (Å²) in [5.74, 6) is 0.0654. The zero-order valence-corrected chi connectivity index (χ0v) is 14.2. The quantitative estimate of drug-likeness (QED) is 0.454. The second kappa shape index (κ2) is 9.06. The summed E-state index contributed by atoms with van der Waals surface area (Å²) in [5, 5.41) is 6.95. The van der Waals surface area contributed by atoms with Crippen molar-refractivity contribution in [2.45, 2.75) is 26.2 Å². The molecule has 2 rings (SSSR count). The van der Waals surface area contributed by atoms with Gasteiger partial charge in [-0.1, -0.05) is 30.3 Å². The molecule has 0 atom stereocenters. The Hall–Kier alpha value is -2.20. The van der Waals surface area contributed by atoms with Crippen LogP contribution in [0.4, 0.5) is 5.69 Å². The molecule has 0 radical (unpaired) electrons. The molecule has 0 unspecified atom stereocenters. The molecular formula is C19H22N2OS. The van der Waals surface area contributed by atoms with E-state index in [1.807, 2.05) is 18.2 Å². The lowest BCUT2D eigenvalue weighted by molar-refractivity contribution is 0.101. The standard InChI is InChI=1S/C19H22N2OS/c1-15(22)17-10-12-18(13-11-17)21-19(23)20-14-6-5-9-16-7-3-2-4-8-16/h2-4,7-8,10-13H,5-6,9,14H2,1H3,(H2,20,21,23). The van der Waals surface area contributed by atoms with Gasteiger partial charge >= 0.3 is 0 Å². The SMILES string of the molecule is CC(=O)c1ccc(NC(=S)NCCCCc2ccccc2)cc1. The number of nitrogens with one attached hydrogen (secondary N) is 2. The van der Waals surface area contributed by atoms with Crippen molar-refractivity contribution < 1.29 is 4.79 Å². The monoisotopic (exact) mass is 326 g/mol. The number of carbonyl (C=O) groups is 1. The summed E-state index contributed by atoms with van der Waals surface area (Å²) in [6.07, 6.45) is 3.29. The molecule has 0 heterocycles. The van der Waals surface area contributed by atoms with Crippen LogP contribution < -0.4 is 10.6 Å². The Kier molecular flexibility index (Phi) is 6.76. The number of hydrogen-bond donors (Lipinski definition) is 2. The number of rotatable bonds is 7. The smallest absolute Gasteiger partial charge is 0.170 e.